The van der Waals surface area contributed by atoms with E-state index < -0.39 is 6.04 Å². The Labute approximate surface area is 106 Å². The van der Waals surface area contributed by atoms with Crippen LogP contribution in [0.2, 0.25) is 0 Å². The molecule has 0 saturated carbocycles. The average Bonchev–Trinajstić information content (AvgIpc) is 2.41. The third kappa shape index (κ3) is 2.32. The van der Waals surface area contributed by atoms with Crippen molar-refractivity contribution in [1.82, 2.24) is 5.32 Å². The molecule has 1 fully saturated rings. The molecule has 1 amide bonds. The van der Waals surface area contributed by atoms with Gasteiger partial charge in [-0.1, -0.05) is 12.1 Å². The van der Waals surface area contributed by atoms with Crippen molar-refractivity contribution in [2.24, 2.45) is 0 Å². The second kappa shape index (κ2) is 5.37. The Morgan fingerprint density at radius 2 is 2.22 bits per heavy atom. The summed E-state index contributed by atoms with van der Waals surface area (Å²) in [4.78, 5) is 13.9. The maximum absolute atomic E-state index is 12.2. The number of carbonyl (C=O) groups is 1. The number of amides is 1. The van der Waals surface area contributed by atoms with E-state index in [9.17, 15) is 9.90 Å². The Bertz CT molecular complexity index is 436. The minimum absolute atomic E-state index is 0.125. The Balaban J connectivity index is 2.33. The van der Waals surface area contributed by atoms with Crippen molar-refractivity contribution >= 4 is 11.6 Å². The molecule has 5 nitrogen and oxygen atoms in total. The predicted octanol–water partition coefficient (Wildman–Crippen LogP) is 0.381. The fourth-order valence-corrected chi connectivity index (χ4v) is 2.22. The summed E-state index contributed by atoms with van der Waals surface area (Å²) in [5, 5.41) is 12.3. The van der Waals surface area contributed by atoms with Crippen LogP contribution >= 0.6 is 0 Å². The van der Waals surface area contributed by atoms with E-state index in [4.69, 9.17) is 4.74 Å². The highest BCUT2D eigenvalue weighted by molar-refractivity contribution is 5.99. The van der Waals surface area contributed by atoms with E-state index >= 15 is 0 Å². The van der Waals surface area contributed by atoms with Crippen LogP contribution in [-0.4, -0.2) is 43.4 Å². The SMILES string of the molecule is COc1ccccc1N1CC(C)NC(CO)C1=O. The number of rotatable bonds is 3. The lowest BCUT2D eigenvalue weighted by Crippen LogP contribution is -2.60. The largest absolute Gasteiger partial charge is 0.495 e. The maximum atomic E-state index is 12.2. The second-order valence-corrected chi connectivity index (χ2v) is 4.42. The van der Waals surface area contributed by atoms with Crippen LogP contribution in [0, 0.1) is 0 Å². The molecule has 2 atom stereocenters. The number of piperazine rings is 1. The molecule has 98 valence electrons. The minimum atomic E-state index is -0.543. The number of nitrogens with one attached hydrogen (secondary N) is 1. The molecule has 1 aliphatic rings. The van der Waals surface area contributed by atoms with Gasteiger partial charge < -0.3 is 14.7 Å². The number of carbonyl (C=O) groups excluding carboxylic acids is 1. The predicted molar refractivity (Wildman–Crippen MR) is 68.8 cm³/mol. The van der Waals surface area contributed by atoms with E-state index in [-0.39, 0.29) is 18.6 Å². The number of benzene rings is 1. The van der Waals surface area contributed by atoms with Gasteiger partial charge in [-0.2, -0.15) is 0 Å². The minimum Gasteiger partial charge on any atom is -0.495 e. The molecule has 18 heavy (non-hydrogen) atoms. The monoisotopic (exact) mass is 250 g/mol. The van der Waals surface area contributed by atoms with Gasteiger partial charge in [0, 0.05) is 12.6 Å². The van der Waals surface area contributed by atoms with Crippen LogP contribution in [0.15, 0.2) is 24.3 Å². The summed E-state index contributed by atoms with van der Waals surface area (Å²) in [6.07, 6.45) is 0. The quantitative estimate of drug-likeness (QED) is 0.814. The fraction of sp³-hybridized carbons (Fsp3) is 0.462. The first kappa shape index (κ1) is 12.9. The van der Waals surface area contributed by atoms with Gasteiger partial charge in [-0.15, -0.1) is 0 Å². The van der Waals surface area contributed by atoms with Crippen molar-refractivity contribution in [2.75, 3.05) is 25.2 Å². The summed E-state index contributed by atoms with van der Waals surface area (Å²) in [6, 6.07) is 6.99. The fourth-order valence-electron chi connectivity index (χ4n) is 2.22. The van der Waals surface area contributed by atoms with Gasteiger partial charge >= 0.3 is 0 Å². The van der Waals surface area contributed by atoms with E-state index in [1.165, 1.54) is 0 Å². The highest BCUT2D eigenvalue weighted by atomic mass is 16.5. The van der Waals surface area contributed by atoms with Gasteiger partial charge in [0.05, 0.1) is 19.4 Å². The lowest BCUT2D eigenvalue weighted by atomic mass is 10.1. The van der Waals surface area contributed by atoms with Crippen LogP contribution in [0.1, 0.15) is 6.92 Å². The number of para-hydroxylation sites is 2. The van der Waals surface area contributed by atoms with Crippen molar-refractivity contribution in [3.8, 4) is 5.75 Å². The van der Waals surface area contributed by atoms with Crippen molar-refractivity contribution < 1.29 is 14.6 Å². The van der Waals surface area contributed by atoms with E-state index in [1.807, 2.05) is 31.2 Å². The molecular weight excluding hydrogens is 232 g/mol. The third-order valence-electron chi connectivity index (χ3n) is 3.06. The number of ether oxygens (including phenoxy) is 1. The van der Waals surface area contributed by atoms with Crippen LogP contribution in [0.3, 0.4) is 0 Å². The Morgan fingerprint density at radius 3 is 2.89 bits per heavy atom. The summed E-state index contributed by atoms with van der Waals surface area (Å²) < 4.78 is 5.27. The normalized spacial score (nSPS) is 24.2. The van der Waals surface area contributed by atoms with Crippen molar-refractivity contribution in [2.45, 2.75) is 19.0 Å². The van der Waals surface area contributed by atoms with E-state index in [0.29, 0.717) is 12.3 Å². The molecule has 0 bridgehead atoms. The average molecular weight is 250 g/mol. The lowest BCUT2D eigenvalue weighted by molar-refractivity contribution is -0.123. The Kier molecular flexibility index (Phi) is 3.84. The first-order chi connectivity index (χ1) is 8.67. The van der Waals surface area contributed by atoms with Gasteiger partial charge in [-0.3, -0.25) is 10.1 Å². The molecular formula is C13H18N2O3. The zero-order chi connectivity index (χ0) is 13.1. The van der Waals surface area contributed by atoms with Crippen molar-refractivity contribution in [1.29, 1.82) is 0 Å². The number of aliphatic hydroxyl groups excluding tert-OH is 1. The van der Waals surface area contributed by atoms with E-state index in [1.54, 1.807) is 12.0 Å². The molecule has 1 aliphatic heterocycles. The van der Waals surface area contributed by atoms with Crippen LogP contribution in [0.5, 0.6) is 5.75 Å². The second-order valence-electron chi connectivity index (χ2n) is 4.42. The molecule has 0 aliphatic carbocycles. The molecule has 2 rings (SSSR count). The van der Waals surface area contributed by atoms with Gasteiger partial charge in [-0.05, 0) is 19.1 Å². The van der Waals surface area contributed by atoms with Gasteiger partial charge in [-0.25, -0.2) is 0 Å². The smallest absolute Gasteiger partial charge is 0.246 e. The van der Waals surface area contributed by atoms with Crippen LogP contribution in [0.25, 0.3) is 0 Å². The molecule has 0 spiro atoms. The molecule has 1 aromatic carbocycles. The molecule has 0 radical (unpaired) electrons. The van der Waals surface area contributed by atoms with Crippen molar-refractivity contribution in [3.05, 3.63) is 24.3 Å². The summed E-state index contributed by atoms with van der Waals surface area (Å²) in [5.41, 5.74) is 0.747. The molecule has 0 aromatic heterocycles. The highest BCUT2D eigenvalue weighted by Crippen LogP contribution is 2.29. The number of anilines is 1. The lowest BCUT2D eigenvalue weighted by Gasteiger charge is -2.36. The van der Waals surface area contributed by atoms with E-state index in [2.05, 4.69) is 5.32 Å². The molecule has 1 aromatic rings. The van der Waals surface area contributed by atoms with Crippen LogP contribution < -0.4 is 15.0 Å². The topological polar surface area (TPSA) is 61.8 Å². The number of hydrogen-bond acceptors (Lipinski definition) is 4. The number of aliphatic hydroxyl groups is 1. The summed E-state index contributed by atoms with van der Waals surface area (Å²) >= 11 is 0. The Hall–Kier alpha value is -1.59. The maximum Gasteiger partial charge on any atom is 0.246 e. The van der Waals surface area contributed by atoms with Crippen molar-refractivity contribution in [3.63, 3.8) is 0 Å². The number of methoxy groups -OCH3 is 1. The van der Waals surface area contributed by atoms with Crippen LogP contribution in [-0.2, 0) is 4.79 Å². The van der Waals surface area contributed by atoms with Gasteiger partial charge in [0.25, 0.3) is 0 Å². The standard InChI is InChI=1S/C13H18N2O3/c1-9-7-15(13(17)10(8-16)14-9)11-5-3-4-6-12(11)18-2/h3-6,9-10,14,16H,7-8H2,1-2H3. The molecule has 5 heteroatoms. The van der Waals surface area contributed by atoms with Gasteiger partial charge in [0.15, 0.2) is 0 Å². The molecule has 2 unspecified atom stereocenters. The number of hydrogen-bond donors (Lipinski definition) is 2. The third-order valence-corrected chi connectivity index (χ3v) is 3.06. The number of nitrogens with zero attached hydrogens (tertiary/aromatic N) is 1. The summed E-state index contributed by atoms with van der Waals surface area (Å²) in [7, 11) is 1.58. The molecule has 2 N–H and O–H groups in total. The zero-order valence-corrected chi connectivity index (χ0v) is 10.6. The highest BCUT2D eigenvalue weighted by Gasteiger charge is 2.33. The zero-order valence-electron chi connectivity index (χ0n) is 10.6. The van der Waals surface area contributed by atoms with Crippen LogP contribution in [0.4, 0.5) is 5.69 Å². The Morgan fingerprint density at radius 1 is 1.50 bits per heavy atom. The molecule has 1 saturated heterocycles. The summed E-state index contributed by atoms with van der Waals surface area (Å²) in [5.74, 6) is 0.539. The molecule has 1 heterocycles. The van der Waals surface area contributed by atoms with Gasteiger partial charge in [0.1, 0.15) is 11.8 Å². The first-order valence-electron chi connectivity index (χ1n) is 5.98. The van der Waals surface area contributed by atoms with E-state index in [0.717, 1.165) is 5.69 Å². The summed E-state index contributed by atoms with van der Waals surface area (Å²) in [6.45, 7) is 2.35. The first-order valence-corrected chi connectivity index (χ1v) is 5.98. The van der Waals surface area contributed by atoms with Gasteiger partial charge in [0.2, 0.25) is 5.91 Å².